The van der Waals surface area contributed by atoms with Crippen LogP contribution in [0.25, 0.3) is 22.3 Å². The van der Waals surface area contributed by atoms with E-state index in [1.807, 2.05) is 6.20 Å². The lowest BCUT2D eigenvalue weighted by Crippen LogP contribution is -2.53. The number of nitrogens with zero attached hydrogens (tertiary/aromatic N) is 5. The Morgan fingerprint density at radius 2 is 1.92 bits per heavy atom. The van der Waals surface area contributed by atoms with Crippen LogP contribution in [-0.4, -0.2) is 66.0 Å². The Morgan fingerprint density at radius 3 is 2.67 bits per heavy atom. The molecule has 2 N–H and O–H groups in total. The average Bonchev–Trinajstić information content (AvgIpc) is 3.75. The average molecular weight is 552 g/mol. The van der Waals surface area contributed by atoms with Gasteiger partial charge in [0.1, 0.15) is 38.8 Å². The molecule has 0 unspecified atom stereocenters. The van der Waals surface area contributed by atoms with Crippen LogP contribution in [0.3, 0.4) is 0 Å². The van der Waals surface area contributed by atoms with Crippen molar-refractivity contribution in [1.82, 2.24) is 25.3 Å². The van der Waals surface area contributed by atoms with Crippen LogP contribution >= 0.6 is 0 Å². The van der Waals surface area contributed by atoms with Gasteiger partial charge in [-0.15, -0.1) is 0 Å². The fraction of sp³-hybridized carbons (Fsp3) is 0.333. The van der Waals surface area contributed by atoms with Gasteiger partial charge in [-0.1, -0.05) is 6.07 Å². The third kappa shape index (κ3) is 5.52. The highest BCUT2D eigenvalue weighted by molar-refractivity contribution is 7.90. The molecule has 4 aromatic rings. The molecule has 1 atom stereocenters. The number of halogens is 2. The van der Waals surface area contributed by atoms with Gasteiger partial charge in [0.15, 0.2) is 5.82 Å². The van der Waals surface area contributed by atoms with Gasteiger partial charge in [0.25, 0.3) is 0 Å². The SMILES string of the molecule is CS(=O)(=O)C[C@H]1CN(c2nc(-c3ccnc(Nc4c(F)cccc4F)c3)nc3cncc(C4CC4)c23)CCN1. The summed E-state index contributed by atoms with van der Waals surface area (Å²) in [4.78, 5) is 20.6. The summed E-state index contributed by atoms with van der Waals surface area (Å²) in [6.45, 7) is 1.73. The Kier molecular flexibility index (Phi) is 6.59. The number of piperazine rings is 1. The monoisotopic (exact) mass is 551 g/mol. The minimum atomic E-state index is -3.17. The lowest BCUT2D eigenvalue weighted by Gasteiger charge is -2.35. The quantitative estimate of drug-likeness (QED) is 0.354. The molecule has 0 spiro atoms. The van der Waals surface area contributed by atoms with Crippen molar-refractivity contribution >= 4 is 38.1 Å². The van der Waals surface area contributed by atoms with Crippen LogP contribution in [0.1, 0.15) is 24.3 Å². The van der Waals surface area contributed by atoms with E-state index in [2.05, 4.69) is 25.5 Å². The van der Waals surface area contributed by atoms with E-state index >= 15 is 0 Å². The maximum Gasteiger partial charge on any atom is 0.162 e. The van der Waals surface area contributed by atoms with Gasteiger partial charge >= 0.3 is 0 Å². The standard InChI is InChI=1S/C27H27F2N7O2S/c1-39(37,38)15-18-14-36(10-9-31-18)27-24-19(16-5-6-16)12-30-13-22(24)33-26(35-27)17-7-8-32-23(11-17)34-25-20(28)3-2-4-21(25)29/h2-4,7-8,11-13,16,18,31H,5-6,9-10,14-15H2,1H3,(H,32,34)/t18-/m1/s1. The molecular formula is C27H27F2N7O2S. The first-order valence-corrected chi connectivity index (χ1v) is 14.8. The number of aromatic nitrogens is 4. The van der Waals surface area contributed by atoms with Crippen LogP contribution in [-0.2, 0) is 9.84 Å². The Hall–Kier alpha value is -3.77. The highest BCUT2D eigenvalue weighted by Gasteiger charge is 2.31. The molecule has 0 amide bonds. The molecule has 2 aliphatic rings. The van der Waals surface area contributed by atoms with Gasteiger partial charge in [0.2, 0.25) is 0 Å². The van der Waals surface area contributed by atoms with Crippen LogP contribution in [0.15, 0.2) is 48.9 Å². The zero-order valence-corrected chi connectivity index (χ0v) is 22.0. The summed E-state index contributed by atoms with van der Waals surface area (Å²) in [6, 6.07) is 6.77. The van der Waals surface area contributed by atoms with E-state index in [0.717, 1.165) is 29.6 Å². The molecule has 2 fully saturated rings. The summed E-state index contributed by atoms with van der Waals surface area (Å²) in [5.74, 6) is 0.344. The molecule has 1 saturated carbocycles. The van der Waals surface area contributed by atoms with Gasteiger partial charge in [-0.05, 0) is 48.6 Å². The summed E-state index contributed by atoms with van der Waals surface area (Å²) in [5.41, 5.74) is 2.09. The summed E-state index contributed by atoms with van der Waals surface area (Å²) < 4.78 is 52.4. The van der Waals surface area contributed by atoms with Crippen LogP contribution in [0, 0.1) is 11.6 Å². The van der Waals surface area contributed by atoms with E-state index in [9.17, 15) is 17.2 Å². The Labute approximate surface area is 224 Å². The van der Waals surface area contributed by atoms with Gasteiger partial charge in [-0.3, -0.25) is 4.98 Å². The van der Waals surface area contributed by atoms with Gasteiger partial charge in [-0.25, -0.2) is 32.2 Å². The normalized spacial score (nSPS) is 17.9. The third-order valence-electron chi connectivity index (χ3n) is 6.93. The molecule has 1 aromatic carbocycles. The first-order chi connectivity index (χ1) is 18.7. The number of benzene rings is 1. The highest BCUT2D eigenvalue weighted by atomic mass is 32.2. The third-order valence-corrected chi connectivity index (χ3v) is 7.94. The van der Waals surface area contributed by atoms with E-state index in [-0.39, 0.29) is 23.3 Å². The smallest absolute Gasteiger partial charge is 0.162 e. The second kappa shape index (κ2) is 10.1. The zero-order valence-electron chi connectivity index (χ0n) is 21.2. The fourth-order valence-electron chi connectivity index (χ4n) is 5.03. The molecule has 9 nitrogen and oxygen atoms in total. The molecule has 4 heterocycles. The predicted octanol–water partition coefficient (Wildman–Crippen LogP) is 3.81. The van der Waals surface area contributed by atoms with Crippen LogP contribution in [0.4, 0.5) is 26.1 Å². The van der Waals surface area contributed by atoms with Crippen molar-refractivity contribution in [1.29, 1.82) is 0 Å². The van der Waals surface area contributed by atoms with Crippen LogP contribution in [0.5, 0.6) is 0 Å². The van der Waals surface area contributed by atoms with Crippen molar-refractivity contribution in [3.05, 3.63) is 66.1 Å². The van der Waals surface area contributed by atoms with Crippen LogP contribution < -0.4 is 15.5 Å². The number of para-hydroxylation sites is 1. The van der Waals surface area contributed by atoms with Crippen molar-refractivity contribution in [2.75, 3.05) is 41.9 Å². The second-order valence-electron chi connectivity index (χ2n) is 10.1. The van der Waals surface area contributed by atoms with Crippen molar-refractivity contribution in [3.8, 4) is 11.4 Å². The van der Waals surface area contributed by atoms with E-state index in [4.69, 9.17) is 9.97 Å². The van der Waals surface area contributed by atoms with Gasteiger partial charge in [0.05, 0.1) is 17.5 Å². The van der Waals surface area contributed by atoms with E-state index in [0.29, 0.717) is 42.5 Å². The summed E-state index contributed by atoms with van der Waals surface area (Å²) in [7, 11) is -3.17. The minimum Gasteiger partial charge on any atom is -0.353 e. The van der Waals surface area contributed by atoms with E-state index in [1.165, 1.54) is 30.7 Å². The molecule has 39 heavy (non-hydrogen) atoms. The maximum absolute atomic E-state index is 14.2. The second-order valence-corrected chi connectivity index (χ2v) is 12.3. The number of fused-ring (bicyclic) bond motifs is 1. The Bertz CT molecular complexity index is 1640. The van der Waals surface area contributed by atoms with Crippen molar-refractivity contribution in [2.24, 2.45) is 0 Å². The van der Waals surface area contributed by atoms with E-state index in [1.54, 1.807) is 18.3 Å². The van der Waals surface area contributed by atoms with E-state index < -0.39 is 21.5 Å². The molecule has 1 aliphatic heterocycles. The lowest BCUT2D eigenvalue weighted by atomic mass is 10.1. The molecule has 1 saturated heterocycles. The molecule has 1 aliphatic carbocycles. The largest absolute Gasteiger partial charge is 0.353 e. The number of anilines is 3. The predicted molar refractivity (Wildman–Crippen MR) is 146 cm³/mol. The minimum absolute atomic E-state index is 0.0302. The number of nitrogens with one attached hydrogen (secondary N) is 2. The summed E-state index contributed by atoms with van der Waals surface area (Å²) in [6.07, 6.45) is 8.50. The number of rotatable bonds is 7. The summed E-state index contributed by atoms with van der Waals surface area (Å²) in [5, 5.41) is 6.95. The molecular weight excluding hydrogens is 524 g/mol. The Balaban J connectivity index is 1.42. The maximum atomic E-state index is 14.2. The molecule has 3 aromatic heterocycles. The van der Waals surface area contributed by atoms with Crippen molar-refractivity contribution in [3.63, 3.8) is 0 Å². The van der Waals surface area contributed by atoms with Gasteiger partial charge in [-0.2, -0.15) is 0 Å². The summed E-state index contributed by atoms with van der Waals surface area (Å²) >= 11 is 0. The lowest BCUT2D eigenvalue weighted by molar-refractivity contribution is 0.479. The zero-order chi connectivity index (χ0) is 27.1. The topological polar surface area (TPSA) is 113 Å². The van der Waals surface area contributed by atoms with Crippen molar-refractivity contribution in [2.45, 2.75) is 24.8 Å². The number of sulfone groups is 1. The highest BCUT2D eigenvalue weighted by Crippen LogP contribution is 2.45. The van der Waals surface area contributed by atoms with Crippen LogP contribution in [0.2, 0.25) is 0 Å². The van der Waals surface area contributed by atoms with Gasteiger partial charge < -0.3 is 15.5 Å². The molecule has 0 radical (unpaired) electrons. The van der Waals surface area contributed by atoms with Gasteiger partial charge in [0, 0.05) is 55.3 Å². The van der Waals surface area contributed by atoms with Crippen molar-refractivity contribution < 1.29 is 17.2 Å². The number of hydrogen-bond acceptors (Lipinski definition) is 9. The molecule has 0 bridgehead atoms. The Morgan fingerprint density at radius 1 is 1.13 bits per heavy atom. The fourth-order valence-corrected chi connectivity index (χ4v) is 5.98. The first kappa shape index (κ1) is 25.5. The first-order valence-electron chi connectivity index (χ1n) is 12.7. The number of hydrogen-bond donors (Lipinski definition) is 2. The number of pyridine rings is 2. The molecule has 12 heteroatoms. The molecule has 202 valence electrons. The molecule has 6 rings (SSSR count).